The number of hydrogen-bond donors (Lipinski definition) is 2. The summed E-state index contributed by atoms with van der Waals surface area (Å²) in [4.78, 5) is 12.8. The van der Waals surface area contributed by atoms with Crippen LogP contribution in [0.1, 0.15) is 10.4 Å². The molecule has 0 aliphatic carbocycles. The van der Waals surface area contributed by atoms with Gasteiger partial charge in [0.15, 0.2) is 0 Å². The SMILES string of the molecule is NC(=O)c1ccccc1.c1ccc(N2CCNCC2)cc1. The summed E-state index contributed by atoms with van der Waals surface area (Å²) in [6.45, 7) is 4.47. The Kier molecular flexibility index (Phi) is 5.79. The van der Waals surface area contributed by atoms with Crippen molar-refractivity contribution in [3.8, 4) is 0 Å². The lowest BCUT2D eigenvalue weighted by atomic mass is 10.2. The summed E-state index contributed by atoms with van der Waals surface area (Å²) in [6, 6.07) is 19.4. The van der Waals surface area contributed by atoms with E-state index in [9.17, 15) is 4.79 Å². The number of hydrogen-bond acceptors (Lipinski definition) is 3. The maximum atomic E-state index is 10.4. The monoisotopic (exact) mass is 283 g/mol. The van der Waals surface area contributed by atoms with Gasteiger partial charge in [-0.3, -0.25) is 4.79 Å². The fourth-order valence-electron chi connectivity index (χ4n) is 2.16. The van der Waals surface area contributed by atoms with E-state index in [2.05, 4.69) is 40.5 Å². The Morgan fingerprint density at radius 2 is 1.43 bits per heavy atom. The minimum absolute atomic E-state index is 0.379. The van der Waals surface area contributed by atoms with Gasteiger partial charge in [0.05, 0.1) is 0 Å². The van der Waals surface area contributed by atoms with E-state index in [0.29, 0.717) is 5.56 Å². The lowest BCUT2D eigenvalue weighted by Gasteiger charge is -2.29. The molecule has 21 heavy (non-hydrogen) atoms. The van der Waals surface area contributed by atoms with Crippen LogP contribution in [-0.2, 0) is 0 Å². The summed E-state index contributed by atoms with van der Waals surface area (Å²) in [6.07, 6.45) is 0. The number of benzene rings is 2. The van der Waals surface area contributed by atoms with Crippen LogP contribution in [0.2, 0.25) is 0 Å². The Morgan fingerprint density at radius 3 is 1.90 bits per heavy atom. The van der Waals surface area contributed by atoms with Gasteiger partial charge in [-0.15, -0.1) is 0 Å². The Bertz CT molecular complexity index is 536. The van der Waals surface area contributed by atoms with Gasteiger partial charge >= 0.3 is 0 Å². The lowest BCUT2D eigenvalue weighted by molar-refractivity contribution is 0.100. The zero-order chi connectivity index (χ0) is 14.9. The number of para-hydroxylation sites is 1. The van der Waals surface area contributed by atoms with Gasteiger partial charge in [0.25, 0.3) is 0 Å². The maximum Gasteiger partial charge on any atom is 0.248 e. The molecule has 3 rings (SSSR count). The number of carbonyl (C=O) groups excluding carboxylic acids is 1. The second-order valence-electron chi connectivity index (χ2n) is 4.80. The van der Waals surface area contributed by atoms with Gasteiger partial charge in [0, 0.05) is 37.4 Å². The van der Waals surface area contributed by atoms with E-state index in [1.54, 1.807) is 24.3 Å². The second-order valence-corrected chi connectivity index (χ2v) is 4.80. The third-order valence-electron chi connectivity index (χ3n) is 3.30. The van der Waals surface area contributed by atoms with Crippen LogP contribution in [0.15, 0.2) is 60.7 Å². The number of carbonyl (C=O) groups is 1. The Balaban J connectivity index is 0.000000161. The van der Waals surface area contributed by atoms with Crippen molar-refractivity contribution < 1.29 is 4.79 Å². The van der Waals surface area contributed by atoms with Crippen molar-refractivity contribution in [2.75, 3.05) is 31.1 Å². The Morgan fingerprint density at radius 1 is 0.905 bits per heavy atom. The van der Waals surface area contributed by atoms with Crippen molar-refractivity contribution in [3.63, 3.8) is 0 Å². The molecule has 4 heteroatoms. The van der Waals surface area contributed by atoms with Gasteiger partial charge in [-0.05, 0) is 24.3 Å². The van der Waals surface area contributed by atoms with Crippen molar-refractivity contribution >= 4 is 11.6 Å². The summed E-state index contributed by atoms with van der Waals surface area (Å²) in [7, 11) is 0. The van der Waals surface area contributed by atoms with E-state index >= 15 is 0 Å². The first-order chi connectivity index (χ1) is 10.3. The molecule has 110 valence electrons. The fourth-order valence-corrected chi connectivity index (χ4v) is 2.16. The molecule has 2 aromatic carbocycles. The largest absolute Gasteiger partial charge is 0.369 e. The molecule has 2 aromatic rings. The topological polar surface area (TPSA) is 58.4 Å². The van der Waals surface area contributed by atoms with Gasteiger partial charge in [0.1, 0.15) is 0 Å². The van der Waals surface area contributed by atoms with Gasteiger partial charge in [-0.1, -0.05) is 36.4 Å². The minimum atomic E-state index is -0.379. The molecule has 1 heterocycles. The highest BCUT2D eigenvalue weighted by atomic mass is 16.1. The molecule has 1 amide bonds. The Labute approximate surface area is 125 Å². The predicted molar refractivity (Wildman–Crippen MR) is 86.5 cm³/mol. The average Bonchev–Trinajstić information content (AvgIpc) is 2.58. The minimum Gasteiger partial charge on any atom is -0.369 e. The van der Waals surface area contributed by atoms with E-state index in [1.807, 2.05) is 6.07 Å². The van der Waals surface area contributed by atoms with Crippen LogP contribution in [0.5, 0.6) is 0 Å². The zero-order valence-electron chi connectivity index (χ0n) is 12.0. The number of rotatable bonds is 2. The van der Waals surface area contributed by atoms with Crippen LogP contribution < -0.4 is 16.0 Å². The van der Waals surface area contributed by atoms with Crippen molar-refractivity contribution in [1.29, 1.82) is 0 Å². The highest BCUT2D eigenvalue weighted by Gasteiger charge is 2.08. The lowest BCUT2D eigenvalue weighted by Crippen LogP contribution is -2.43. The third kappa shape index (κ3) is 4.93. The first-order valence-electron chi connectivity index (χ1n) is 7.13. The molecule has 0 spiro atoms. The van der Waals surface area contributed by atoms with Gasteiger partial charge in [-0.25, -0.2) is 0 Å². The molecule has 1 fully saturated rings. The van der Waals surface area contributed by atoms with Gasteiger partial charge < -0.3 is 16.0 Å². The number of primary amides is 1. The molecular formula is C17H21N3O. The molecule has 0 saturated carbocycles. The molecule has 0 unspecified atom stereocenters. The van der Waals surface area contributed by atoms with E-state index in [4.69, 9.17) is 5.73 Å². The highest BCUT2D eigenvalue weighted by Crippen LogP contribution is 2.12. The molecular weight excluding hydrogens is 262 g/mol. The van der Waals surface area contributed by atoms with Crippen molar-refractivity contribution in [2.45, 2.75) is 0 Å². The summed E-state index contributed by atoms with van der Waals surface area (Å²) >= 11 is 0. The van der Waals surface area contributed by atoms with E-state index in [1.165, 1.54) is 5.69 Å². The van der Waals surface area contributed by atoms with Crippen LogP contribution in [0.3, 0.4) is 0 Å². The van der Waals surface area contributed by atoms with Crippen LogP contribution in [0, 0.1) is 0 Å². The van der Waals surface area contributed by atoms with Crippen LogP contribution >= 0.6 is 0 Å². The maximum absolute atomic E-state index is 10.4. The number of nitrogens with zero attached hydrogens (tertiary/aromatic N) is 1. The number of amides is 1. The number of nitrogens with two attached hydrogens (primary N) is 1. The molecule has 0 aromatic heterocycles. The highest BCUT2D eigenvalue weighted by molar-refractivity contribution is 5.92. The third-order valence-corrected chi connectivity index (χ3v) is 3.30. The number of anilines is 1. The summed E-state index contributed by atoms with van der Waals surface area (Å²) in [5.74, 6) is -0.379. The van der Waals surface area contributed by atoms with Crippen molar-refractivity contribution in [1.82, 2.24) is 5.32 Å². The number of nitrogens with one attached hydrogen (secondary N) is 1. The summed E-state index contributed by atoms with van der Waals surface area (Å²) in [5.41, 5.74) is 6.87. The molecule has 1 aliphatic heterocycles. The number of piperazine rings is 1. The predicted octanol–water partition coefficient (Wildman–Crippen LogP) is 1.88. The van der Waals surface area contributed by atoms with Gasteiger partial charge in [-0.2, -0.15) is 0 Å². The molecule has 1 aliphatic rings. The second kappa shape index (κ2) is 8.07. The molecule has 4 nitrogen and oxygen atoms in total. The molecule has 0 bridgehead atoms. The molecule has 0 radical (unpaired) electrons. The summed E-state index contributed by atoms with van der Waals surface area (Å²) < 4.78 is 0. The molecule has 3 N–H and O–H groups in total. The first kappa shape index (κ1) is 15.1. The van der Waals surface area contributed by atoms with Crippen LogP contribution in [-0.4, -0.2) is 32.1 Å². The standard InChI is InChI=1S/C10H14N2.C7H7NO/c1-2-4-10(5-3-1)12-8-6-11-7-9-12;8-7(9)6-4-2-1-3-5-6/h1-5,11H,6-9H2;1-5H,(H2,8,9). The average molecular weight is 283 g/mol. The van der Waals surface area contributed by atoms with E-state index in [-0.39, 0.29) is 5.91 Å². The van der Waals surface area contributed by atoms with Gasteiger partial charge in [0.2, 0.25) is 5.91 Å². The van der Waals surface area contributed by atoms with Crippen molar-refractivity contribution in [2.24, 2.45) is 5.73 Å². The van der Waals surface area contributed by atoms with E-state index < -0.39 is 0 Å². The molecule has 1 saturated heterocycles. The van der Waals surface area contributed by atoms with E-state index in [0.717, 1.165) is 26.2 Å². The normalized spacial score (nSPS) is 14.0. The quantitative estimate of drug-likeness (QED) is 0.885. The smallest absolute Gasteiger partial charge is 0.248 e. The van der Waals surface area contributed by atoms with Crippen LogP contribution in [0.25, 0.3) is 0 Å². The first-order valence-corrected chi connectivity index (χ1v) is 7.13. The fraction of sp³-hybridized carbons (Fsp3) is 0.235. The van der Waals surface area contributed by atoms with Crippen molar-refractivity contribution in [3.05, 3.63) is 66.2 Å². The Hall–Kier alpha value is -2.33. The molecule has 0 atom stereocenters. The summed E-state index contributed by atoms with van der Waals surface area (Å²) in [5, 5.41) is 3.34. The zero-order valence-corrected chi connectivity index (χ0v) is 12.0. The van der Waals surface area contributed by atoms with Crippen LogP contribution in [0.4, 0.5) is 5.69 Å².